The second kappa shape index (κ2) is 16.8. The molecule has 3 amide bonds. The molecular formula is C39H42N4O8PS+. The number of aliphatic hydroxyl groups is 1. The number of hydrogen-bond donors (Lipinski definition) is 4. The van der Waals surface area contributed by atoms with E-state index in [9.17, 15) is 34.0 Å². The summed E-state index contributed by atoms with van der Waals surface area (Å²) in [5.41, 5.74) is 5.22. The molecule has 1 aliphatic heterocycles. The Hall–Kier alpha value is -4.94. The molecule has 0 fully saturated rings. The van der Waals surface area contributed by atoms with Crippen molar-refractivity contribution in [2.45, 2.75) is 56.9 Å². The molecule has 2 heterocycles. The highest BCUT2D eigenvalue weighted by Gasteiger charge is 2.49. The van der Waals surface area contributed by atoms with Gasteiger partial charge in [0.2, 0.25) is 5.91 Å². The van der Waals surface area contributed by atoms with Crippen molar-refractivity contribution < 1.29 is 38.7 Å². The van der Waals surface area contributed by atoms with Crippen LogP contribution in [0.3, 0.4) is 0 Å². The first-order valence-electron chi connectivity index (χ1n) is 17.2. The molecule has 5 rings (SSSR count). The van der Waals surface area contributed by atoms with Crippen molar-refractivity contribution in [2.75, 3.05) is 12.4 Å². The number of thioether (sulfide) groups is 1. The number of hydrogen-bond acceptors (Lipinski definition) is 9. The van der Waals surface area contributed by atoms with E-state index in [0.29, 0.717) is 21.8 Å². The van der Waals surface area contributed by atoms with Crippen LogP contribution in [-0.2, 0) is 14.1 Å². The fourth-order valence-electron chi connectivity index (χ4n) is 6.28. The molecule has 0 bridgehead atoms. The number of amides is 3. The molecule has 1 aromatic heterocycles. The van der Waals surface area contributed by atoms with Crippen molar-refractivity contribution in [1.82, 2.24) is 20.3 Å². The van der Waals surface area contributed by atoms with Crippen LogP contribution in [0.15, 0.2) is 96.2 Å². The standard InChI is InChI=1S/C39H41N4O8PS/c1-5-51-37(46)28-16-14-27(15-17-28)35(44)42-43(38(47)48)22-29(30-11-7-9-13-33(30)43)21-25(4)40-36(45)31(20-24(2)3)39(49,52-50)23-53-34-19-18-26-10-6-8-12-32(26)41-34/h6-19,22,24-25,31,49H,5,20-21,23H2,1-4H3,(H2-,40,42,44,45,47,48)/p+1/t25-,31?,39?,43?/m1/s1. The average molecular weight is 758 g/mol. The van der Waals surface area contributed by atoms with Gasteiger partial charge in [0.15, 0.2) is 19.5 Å². The van der Waals surface area contributed by atoms with Crippen LogP contribution in [0.25, 0.3) is 16.5 Å². The first-order chi connectivity index (χ1) is 25.3. The van der Waals surface area contributed by atoms with E-state index in [0.717, 1.165) is 10.9 Å². The molecule has 0 radical (unpaired) electrons. The highest BCUT2D eigenvalue weighted by molar-refractivity contribution is 7.99. The van der Waals surface area contributed by atoms with Crippen LogP contribution in [-0.4, -0.2) is 62.8 Å². The van der Waals surface area contributed by atoms with Crippen molar-refractivity contribution in [1.29, 1.82) is 0 Å². The van der Waals surface area contributed by atoms with Gasteiger partial charge in [-0.15, -0.1) is 11.8 Å². The second-order valence-electron chi connectivity index (χ2n) is 13.3. The van der Waals surface area contributed by atoms with Gasteiger partial charge in [-0.1, -0.05) is 54.8 Å². The Morgan fingerprint density at radius 3 is 2.30 bits per heavy atom. The molecule has 0 aliphatic carbocycles. The van der Waals surface area contributed by atoms with Gasteiger partial charge in [-0.25, -0.2) is 9.78 Å². The number of benzene rings is 3. The number of para-hydroxylation sites is 2. The number of ether oxygens (including phenoxy) is 1. The number of aromatic nitrogens is 1. The zero-order valence-corrected chi connectivity index (χ0v) is 31.5. The van der Waals surface area contributed by atoms with Crippen molar-refractivity contribution in [3.05, 3.63) is 108 Å². The number of quaternary nitrogens is 1. The van der Waals surface area contributed by atoms with Crippen LogP contribution in [0.4, 0.5) is 10.5 Å². The van der Waals surface area contributed by atoms with Crippen LogP contribution >= 0.6 is 20.2 Å². The molecular weight excluding hydrogens is 715 g/mol. The fraction of sp³-hybridized carbons (Fsp3) is 0.308. The van der Waals surface area contributed by atoms with E-state index in [1.807, 2.05) is 50.2 Å². The summed E-state index contributed by atoms with van der Waals surface area (Å²) in [6.45, 7) is 7.46. The maximum Gasteiger partial charge on any atom is 0.549 e. The molecule has 4 N–H and O–H groups in total. The molecule has 1 aliphatic rings. The average Bonchev–Trinajstić information content (AvgIpc) is 3.46. The van der Waals surface area contributed by atoms with Crippen LogP contribution in [0.2, 0.25) is 0 Å². The van der Waals surface area contributed by atoms with Crippen molar-refractivity contribution >= 4 is 66.3 Å². The predicted molar refractivity (Wildman–Crippen MR) is 204 cm³/mol. The van der Waals surface area contributed by atoms with Gasteiger partial charge in [-0.05, 0) is 75.1 Å². The number of fused-ring (bicyclic) bond motifs is 2. The minimum atomic E-state index is -1.90. The molecule has 3 aromatic carbocycles. The number of rotatable bonds is 14. The Morgan fingerprint density at radius 1 is 0.943 bits per heavy atom. The van der Waals surface area contributed by atoms with Crippen LogP contribution in [0.1, 0.15) is 66.8 Å². The number of pyridine rings is 1. The van der Waals surface area contributed by atoms with E-state index in [1.165, 1.54) is 42.2 Å². The molecule has 276 valence electrons. The Kier molecular flexibility index (Phi) is 12.5. The van der Waals surface area contributed by atoms with Gasteiger partial charge in [0.1, 0.15) is 6.20 Å². The topological polar surface area (TPSA) is 172 Å². The van der Waals surface area contributed by atoms with Gasteiger partial charge < -0.3 is 20.3 Å². The number of carbonyl (C=O) groups is 4. The van der Waals surface area contributed by atoms with Crippen molar-refractivity contribution in [3.63, 3.8) is 0 Å². The largest absolute Gasteiger partial charge is 0.549 e. The number of carboxylic acid groups (broad SMARTS) is 1. The molecule has 0 saturated heterocycles. The van der Waals surface area contributed by atoms with Crippen LogP contribution in [0, 0.1) is 11.8 Å². The Balaban J connectivity index is 1.34. The SMILES string of the molecule is CCOC(=O)c1ccc(C(=O)N[N+]2(C(=O)O)C=C(C[C@@H](C)NC(=O)C(CC(C)C)C(O)(CSc3ccc4ccccc4n3)P=O)c3ccccc32)cc1. The summed E-state index contributed by atoms with van der Waals surface area (Å²) in [5.74, 6) is -2.83. The lowest BCUT2D eigenvalue weighted by Crippen LogP contribution is -2.60. The Bertz CT molecular complexity index is 2060. The third-order valence-corrected chi connectivity index (χ3v) is 11.0. The van der Waals surface area contributed by atoms with Gasteiger partial charge in [0, 0.05) is 39.9 Å². The highest BCUT2D eigenvalue weighted by atomic mass is 32.2. The van der Waals surface area contributed by atoms with Gasteiger partial charge in [-0.2, -0.15) is 10.2 Å². The number of esters is 1. The quantitative estimate of drug-likeness (QED) is 0.0439. The van der Waals surface area contributed by atoms with Gasteiger partial charge >= 0.3 is 12.1 Å². The summed E-state index contributed by atoms with van der Waals surface area (Å²) in [4.78, 5) is 57.0. The smallest absolute Gasteiger partial charge is 0.462 e. The summed E-state index contributed by atoms with van der Waals surface area (Å²) < 4.78 is 16.6. The molecule has 0 spiro atoms. The maximum absolute atomic E-state index is 13.9. The minimum Gasteiger partial charge on any atom is -0.462 e. The molecule has 3 unspecified atom stereocenters. The van der Waals surface area contributed by atoms with Crippen LogP contribution < -0.4 is 15.3 Å². The molecule has 14 heteroatoms. The van der Waals surface area contributed by atoms with E-state index in [-0.39, 0.29) is 42.2 Å². The Labute approximate surface area is 313 Å². The lowest BCUT2D eigenvalue weighted by molar-refractivity contribution is -0.130. The van der Waals surface area contributed by atoms with Gasteiger partial charge in [0.25, 0.3) is 5.91 Å². The minimum absolute atomic E-state index is 0.0130. The predicted octanol–water partition coefficient (Wildman–Crippen LogP) is 7.43. The number of nitrogens with one attached hydrogen (secondary N) is 2. The van der Waals surface area contributed by atoms with Gasteiger partial charge in [-0.3, -0.25) is 14.2 Å². The van der Waals surface area contributed by atoms with Crippen molar-refractivity contribution in [3.8, 4) is 0 Å². The summed E-state index contributed by atoms with van der Waals surface area (Å²) in [6, 6.07) is 23.3. The van der Waals surface area contributed by atoms with E-state index < -0.39 is 54.2 Å². The molecule has 53 heavy (non-hydrogen) atoms. The summed E-state index contributed by atoms with van der Waals surface area (Å²) in [7, 11) is -0.599. The lowest BCUT2D eigenvalue weighted by Gasteiger charge is -2.31. The third kappa shape index (κ3) is 8.82. The third-order valence-electron chi connectivity index (χ3n) is 8.88. The first kappa shape index (κ1) is 39.3. The van der Waals surface area contributed by atoms with Crippen molar-refractivity contribution in [2.24, 2.45) is 11.8 Å². The fourth-order valence-corrected chi connectivity index (χ4v) is 7.93. The first-order valence-corrected chi connectivity index (χ1v) is 19.0. The lowest BCUT2D eigenvalue weighted by atomic mass is 9.90. The second-order valence-corrected chi connectivity index (χ2v) is 15.3. The number of carbonyl (C=O) groups excluding carboxylic acids is 3. The van der Waals surface area contributed by atoms with E-state index in [2.05, 4.69) is 15.7 Å². The molecule has 12 nitrogen and oxygen atoms in total. The molecule has 4 atom stereocenters. The maximum atomic E-state index is 13.9. The normalized spacial score (nSPS) is 17.4. The molecule has 0 saturated carbocycles. The monoisotopic (exact) mass is 757 g/mol. The number of nitrogens with zero attached hydrogens (tertiary/aromatic N) is 2. The zero-order valence-electron chi connectivity index (χ0n) is 29.8. The van der Waals surface area contributed by atoms with E-state index >= 15 is 0 Å². The van der Waals surface area contributed by atoms with Gasteiger partial charge in [0.05, 0.1) is 28.6 Å². The highest BCUT2D eigenvalue weighted by Crippen LogP contribution is 2.42. The summed E-state index contributed by atoms with van der Waals surface area (Å²) in [6.07, 6.45) is 0.493. The Morgan fingerprint density at radius 2 is 1.62 bits per heavy atom. The van der Waals surface area contributed by atoms with E-state index in [1.54, 1.807) is 38.1 Å². The summed E-state index contributed by atoms with van der Waals surface area (Å²) in [5, 5.41) is 24.9. The zero-order chi connectivity index (χ0) is 38.3. The van der Waals surface area contributed by atoms with E-state index in [4.69, 9.17) is 4.74 Å². The molecule has 4 aromatic rings. The summed E-state index contributed by atoms with van der Waals surface area (Å²) >= 11 is 1.22. The van der Waals surface area contributed by atoms with Crippen LogP contribution in [0.5, 0.6) is 0 Å².